The number of nitrogens with two attached hydrogens (primary N) is 1. The van der Waals surface area contributed by atoms with Gasteiger partial charge in [-0.25, -0.2) is 0 Å². The van der Waals surface area contributed by atoms with Crippen LogP contribution in [0.4, 0.5) is 0 Å². The molecule has 3 nitrogen and oxygen atoms in total. The van der Waals surface area contributed by atoms with Crippen LogP contribution in [-0.4, -0.2) is 17.3 Å². The van der Waals surface area contributed by atoms with Crippen LogP contribution in [-0.2, 0) is 0 Å². The van der Waals surface area contributed by atoms with Crippen molar-refractivity contribution in [3.8, 4) is 5.75 Å². The smallest absolute Gasteiger partial charge is 0.124 e. The molecule has 3 heteroatoms. The summed E-state index contributed by atoms with van der Waals surface area (Å²) in [7, 11) is 0. The fourth-order valence-corrected chi connectivity index (χ4v) is 2.55. The van der Waals surface area contributed by atoms with Crippen molar-refractivity contribution < 1.29 is 9.84 Å². The van der Waals surface area contributed by atoms with Gasteiger partial charge in [0.25, 0.3) is 0 Å². The van der Waals surface area contributed by atoms with E-state index in [0.717, 1.165) is 37.0 Å². The summed E-state index contributed by atoms with van der Waals surface area (Å²) in [5.41, 5.74) is 6.26. The quantitative estimate of drug-likeness (QED) is 0.862. The highest BCUT2D eigenvalue weighted by Crippen LogP contribution is 2.30. The predicted octanol–water partition coefficient (Wildman–Crippen LogP) is 2.78. The maximum Gasteiger partial charge on any atom is 0.124 e. The molecule has 0 spiro atoms. The van der Waals surface area contributed by atoms with Crippen molar-refractivity contribution in [1.82, 2.24) is 0 Å². The monoisotopic (exact) mass is 249 g/mol. The molecule has 0 saturated heterocycles. The Balaban J connectivity index is 2.01. The van der Waals surface area contributed by atoms with Crippen LogP contribution in [0.15, 0.2) is 24.3 Å². The number of ether oxygens (including phenoxy) is 1. The van der Waals surface area contributed by atoms with Crippen molar-refractivity contribution in [3.05, 3.63) is 29.8 Å². The van der Waals surface area contributed by atoms with Gasteiger partial charge in [-0.1, -0.05) is 37.5 Å². The van der Waals surface area contributed by atoms with Gasteiger partial charge in [-0.3, -0.25) is 0 Å². The lowest BCUT2D eigenvalue weighted by Gasteiger charge is -2.32. The first kappa shape index (κ1) is 13.4. The first-order valence-corrected chi connectivity index (χ1v) is 6.80. The summed E-state index contributed by atoms with van der Waals surface area (Å²) in [6, 6.07) is 7.74. The van der Waals surface area contributed by atoms with Crippen LogP contribution in [0.5, 0.6) is 5.75 Å². The van der Waals surface area contributed by atoms with Gasteiger partial charge < -0.3 is 15.6 Å². The summed E-state index contributed by atoms with van der Waals surface area (Å²) in [5.74, 6) is 0.798. The zero-order chi connectivity index (χ0) is 13.0. The van der Waals surface area contributed by atoms with Crippen LogP contribution in [0.1, 0.15) is 50.6 Å². The van der Waals surface area contributed by atoms with Crippen LogP contribution in [0.3, 0.4) is 0 Å². The molecule has 18 heavy (non-hydrogen) atoms. The van der Waals surface area contributed by atoms with E-state index >= 15 is 0 Å². The first-order valence-electron chi connectivity index (χ1n) is 6.80. The topological polar surface area (TPSA) is 55.5 Å². The molecule has 1 aromatic carbocycles. The summed E-state index contributed by atoms with van der Waals surface area (Å²) in [5, 5.41) is 10.4. The summed E-state index contributed by atoms with van der Waals surface area (Å²) in [6.07, 6.45) is 5.09. The van der Waals surface area contributed by atoms with Gasteiger partial charge in [0, 0.05) is 11.6 Å². The highest BCUT2D eigenvalue weighted by Gasteiger charge is 2.30. The predicted molar refractivity (Wildman–Crippen MR) is 72.6 cm³/mol. The molecule has 1 aliphatic carbocycles. The Morgan fingerprint density at radius 3 is 2.61 bits per heavy atom. The maximum atomic E-state index is 10.4. The van der Waals surface area contributed by atoms with Crippen LogP contribution < -0.4 is 10.5 Å². The fourth-order valence-electron chi connectivity index (χ4n) is 2.55. The lowest BCUT2D eigenvalue weighted by Crippen LogP contribution is -2.38. The van der Waals surface area contributed by atoms with E-state index in [2.05, 4.69) is 0 Å². The van der Waals surface area contributed by atoms with Crippen LogP contribution in [0.2, 0.25) is 0 Å². The van der Waals surface area contributed by atoms with E-state index in [1.54, 1.807) is 0 Å². The highest BCUT2D eigenvalue weighted by molar-refractivity contribution is 5.35. The Hall–Kier alpha value is -1.06. The van der Waals surface area contributed by atoms with Gasteiger partial charge in [-0.05, 0) is 25.8 Å². The third kappa shape index (κ3) is 3.24. The lowest BCUT2D eigenvalue weighted by atomic mass is 9.85. The number of benzene rings is 1. The van der Waals surface area contributed by atoms with Gasteiger partial charge >= 0.3 is 0 Å². The minimum Gasteiger partial charge on any atom is -0.490 e. The minimum atomic E-state index is -0.650. The molecule has 2 rings (SSSR count). The molecule has 0 radical (unpaired) electrons. The molecule has 100 valence electrons. The Kier molecular flexibility index (Phi) is 4.25. The zero-order valence-electron chi connectivity index (χ0n) is 11.1. The van der Waals surface area contributed by atoms with Crippen molar-refractivity contribution >= 4 is 0 Å². The lowest BCUT2D eigenvalue weighted by molar-refractivity contribution is -0.0341. The van der Waals surface area contributed by atoms with Crippen molar-refractivity contribution in [1.29, 1.82) is 0 Å². The number of hydrogen-bond acceptors (Lipinski definition) is 3. The van der Waals surface area contributed by atoms with Crippen molar-refractivity contribution in [2.24, 2.45) is 5.73 Å². The number of aliphatic hydroxyl groups is 1. The molecule has 0 aromatic heterocycles. The Bertz CT molecular complexity index is 384. The SMILES string of the molecule is C[C@@H](N)c1ccccc1OCC1(O)CCCCC1. The van der Waals surface area contributed by atoms with Gasteiger partial charge in [0.1, 0.15) is 12.4 Å². The van der Waals surface area contributed by atoms with Gasteiger partial charge in [0.05, 0.1) is 5.60 Å². The van der Waals surface area contributed by atoms with Gasteiger partial charge in [0.15, 0.2) is 0 Å². The normalized spacial score (nSPS) is 20.4. The third-order valence-corrected chi connectivity index (χ3v) is 3.69. The average Bonchev–Trinajstić information content (AvgIpc) is 2.38. The van der Waals surface area contributed by atoms with Gasteiger partial charge in [-0.2, -0.15) is 0 Å². The molecule has 0 amide bonds. The van der Waals surface area contributed by atoms with E-state index in [4.69, 9.17) is 10.5 Å². The Morgan fingerprint density at radius 2 is 1.94 bits per heavy atom. The molecular formula is C15H23NO2. The highest BCUT2D eigenvalue weighted by atomic mass is 16.5. The molecule has 1 aliphatic rings. The van der Waals surface area contributed by atoms with Crippen molar-refractivity contribution in [2.75, 3.05) is 6.61 Å². The van der Waals surface area contributed by atoms with E-state index < -0.39 is 5.60 Å². The van der Waals surface area contributed by atoms with E-state index in [1.807, 2.05) is 31.2 Å². The molecule has 0 unspecified atom stereocenters. The second kappa shape index (κ2) is 5.72. The van der Waals surface area contributed by atoms with E-state index in [0.29, 0.717) is 6.61 Å². The molecule has 1 atom stereocenters. The molecular weight excluding hydrogens is 226 g/mol. The minimum absolute atomic E-state index is 0.0535. The molecule has 0 bridgehead atoms. The summed E-state index contributed by atoms with van der Waals surface area (Å²) in [6.45, 7) is 2.31. The fraction of sp³-hybridized carbons (Fsp3) is 0.600. The molecule has 0 heterocycles. The zero-order valence-corrected chi connectivity index (χ0v) is 11.1. The molecule has 1 aromatic rings. The summed E-state index contributed by atoms with van der Waals surface area (Å²) in [4.78, 5) is 0. The Labute approximate surface area is 109 Å². The summed E-state index contributed by atoms with van der Waals surface area (Å²) >= 11 is 0. The molecule has 1 fully saturated rings. The Morgan fingerprint density at radius 1 is 1.28 bits per heavy atom. The number of hydrogen-bond donors (Lipinski definition) is 2. The van der Waals surface area contributed by atoms with Gasteiger partial charge in [-0.15, -0.1) is 0 Å². The van der Waals surface area contributed by atoms with E-state index in [1.165, 1.54) is 6.42 Å². The van der Waals surface area contributed by atoms with Crippen LogP contribution in [0.25, 0.3) is 0 Å². The average molecular weight is 249 g/mol. The second-order valence-corrected chi connectivity index (χ2v) is 5.40. The van der Waals surface area contributed by atoms with Crippen LogP contribution in [0, 0.1) is 0 Å². The molecule has 0 aliphatic heterocycles. The summed E-state index contributed by atoms with van der Waals surface area (Å²) < 4.78 is 5.81. The third-order valence-electron chi connectivity index (χ3n) is 3.69. The number of rotatable bonds is 4. The van der Waals surface area contributed by atoms with Gasteiger partial charge in [0.2, 0.25) is 0 Å². The first-order chi connectivity index (χ1) is 8.61. The van der Waals surface area contributed by atoms with Crippen molar-refractivity contribution in [3.63, 3.8) is 0 Å². The second-order valence-electron chi connectivity index (χ2n) is 5.40. The van der Waals surface area contributed by atoms with Crippen LogP contribution >= 0.6 is 0 Å². The number of para-hydroxylation sites is 1. The maximum absolute atomic E-state index is 10.4. The standard InChI is InChI=1S/C15H23NO2/c1-12(16)13-7-3-4-8-14(13)18-11-15(17)9-5-2-6-10-15/h3-4,7-8,12,17H,2,5-6,9-11,16H2,1H3/t12-/m1/s1. The largest absolute Gasteiger partial charge is 0.490 e. The molecule has 3 N–H and O–H groups in total. The van der Waals surface area contributed by atoms with Crippen molar-refractivity contribution in [2.45, 2.75) is 50.7 Å². The molecule has 1 saturated carbocycles. The van der Waals surface area contributed by atoms with E-state index in [-0.39, 0.29) is 6.04 Å². The van der Waals surface area contributed by atoms with E-state index in [9.17, 15) is 5.11 Å².